The highest BCUT2D eigenvalue weighted by Crippen LogP contribution is 2.33. The topological polar surface area (TPSA) is 47.6 Å². The highest BCUT2D eigenvalue weighted by molar-refractivity contribution is 5.93. The third-order valence-electron chi connectivity index (χ3n) is 4.03. The van der Waals surface area contributed by atoms with E-state index in [4.69, 9.17) is 9.47 Å². The first-order chi connectivity index (χ1) is 12.6. The molecule has 2 aromatic rings. The fourth-order valence-electron chi connectivity index (χ4n) is 2.71. The third-order valence-corrected chi connectivity index (χ3v) is 4.03. The molecule has 2 aromatic carbocycles. The molecule has 0 fully saturated rings. The van der Waals surface area contributed by atoms with Crippen LogP contribution in [0.5, 0.6) is 5.75 Å². The molecule has 0 aliphatic carbocycles. The van der Waals surface area contributed by atoms with Crippen molar-refractivity contribution in [3.63, 3.8) is 0 Å². The van der Waals surface area contributed by atoms with E-state index in [1.807, 2.05) is 64.2 Å². The minimum atomic E-state index is -0.265. The molecular weight excluding hydrogens is 326 g/mol. The van der Waals surface area contributed by atoms with Crippen LogP contribution in [0.2, 0.25) is 0 Å². The molecule has 0 spiro atoms. The molecule has 0 aromatic heterocycles. The maximum Gasteiger partial charge on any atom is 0.333 e. The first kappa shape index (κ1) is 19.6. The van der Waals surface area contributed by atoms with Gasteiger partial charge in [0.1, 0.15) is 5.75 Å². The van der Waals surface area contributed by atoms with Crippen LogP contribution in [0.4, 0.5) is 5.69 Å². The number of nitrogens with one attached hydrogen (secondary N) is 1. The number of hydrogen-bond acceptors (Lipinski definition) is 4. The molecular formula is C22H27NO3. The van der Waals surface area contributed by atoms with Crippen LogP contribution in [0.15, 0.2) is 48.0 Å². The fraction of sp³-hybridized carbons (Fsp3) is 0.318. The van der Waals surface area contributed by atoms with Crippen molar-refractivity contribution in [1.82, 2.24) is 0 Å². The van der Waals surface area contributed by atoms with Crippen molar-refractivity contribution in [3.8, 4) is 16.9 Å². The Morgan fingerprint density at radius 2 is 1.88 bits per heavy atom. The van der Waals surface area contributed by atoms with E-state index in [1.165, 1.54) is 0 Å². The highest BCUT2D eigenvalue weighted by Gasteiger charge is 2.11. The minimum Gasteiger partial charge on any atom is -0.493 e. The van der Waals surface area contributed by atoms with Crippen molar-refractivity contribution in [2.45, 2.75) is 27.2 Å². The molecule has 4 nitrogen and oxygen atoms in total. The summed E-state index contributed by atoms with van der Waals surface area (Å²) in [5, 5.41) is 3.16. The molecule has 0 aliphatic heterocycles. The summed E-state index contributed by atoms with van der Waals surface area (Å²) in [6.45, 7) is 6.67. The molecule has 0 radical (unpaired) electrons. The maximum atomic E-state index is 12.0. The molecule has 0 amide bonds. The lowest BCUT2D eigenvalue weighted by atomic mass is 10.0. The van der Waals surface area contributed by atoms with Crippen LogP contribution >= 0.6 is 0 Å². The first-order valence-electron chi connectivity index (χ1n) is 9.05. The van der Waals surface area contributed by atoms with Gasteiger partial charge < -0.3 is 14.8 Å². The van der Waals surface area contributed by atoms with Gasteiger partial charge in [0, 0.05) is 23.9 Å². The molecule has 2 rings (SSSR count). The summed E-state index contributed by atoms with van der Waals surface area (Å²) in [4.78, 5) is 12.0. The van der Waals surface area contributed by atoms with Gasteiger partial charge in [-0.3, -0.25) is 0 Å². The Labute approximate surface area is 155 Å². The summed E-state index contributed by atoms with van der Waals surface area (Å²) in [5.41, 5.74) is 4.72. The molecule has 1 N–H and O–H groups in total. The zero-order valence-electron chi connectivity index (χ0n) is 16.0. The average molecular weight is 353 g/mol. The van der Waals surface area contributed by atoms with Crippen LogP contribution in [0.25, 0.3) is 17.2 Å². The van der Waals surface area contributed by atoms with Crippen molar-refractivity contribution in [2.75, 3.05) is 25.6 Å². The molecule has 138 valence electrons. The second-order valence-corrected chi connectivity index (χ2v) is 5.76. The van der Waals surface area contributed by atoms with E-state index in [1.54, 1.807) is 0 Å². The SMILES string of the molecule is CCOC(=O)C(=Cc1ccc(-c2cccc(NC)c2)c(OCC)c1)CC. The van der Waals surface area contributed by atoms with Gasteiger partial charge in [-0.2, -0.15) is 0 Å². The van der Waals surface area contributed by atoms with Gasteiger partial charge in [-0.25, -0.2) is 4.79 Å². The average Bonchev–Trinajstić information content (AvgIpc) is 2.66. The second-order valence-electron chi connectivity index (χ2n) is 5.76. The number of rotatable bonds is 8. The molecule has 0 heterocycles. The van der Waals surface area contributed by atoms with Gasteiger partial charge in [-0.15, -0.1) is 0 Å². The lowest BCUT2D eigenvalue weighted by Crippen LogP contribution is -2.06. The highest BCUT2D eigenvalue weighted by atomic mass is 16.5. The molecule has 0 atom stereocenters. The Morgan fingerprint density at radius 1 is 1.08 bits per heavy atom. The number of ether oxygens (including phenoxy) is 2. The molecule has 0 bridgehead atoms. The quantitative estimate of drug-likeness (QED) is 0.526. The Hall–Kier alpha value is -2.75. The van der Waals surface area contributed by atoms with Crippen LogP contribution in [0.3, 0.4) is 0 Å². The van der Waals surface area contributed by atoms with E-state index in [2.05, 4.69) is 17.4 Å². The van der Waals surface area contributed by atoms with Crippen LogP contribution < -0.4 is 10.1 Å². The van der Waals surface area contributed by atoms with E-state index in [-0.39, 0.29) is 5.97 Å². The van der Waals surface area contributed by atoms with Gasteiger partial charge in [-0.05, 0) is 55.7 Å². The van der Waals surface area contributed by atoms with Crippen molar-refractivity contribution >= 4 is 17.7 Å². The molecule has 0 unspecified atom stereocenters. The fourth-order valence-corrected chi connectivity index (χ4v) is 2.71. The summed E-state index contributed by atoms with van der Waals surface area (Å²) >= 11 is 0. The Morgan fingerprint density at radius 3 is 2.54 bits per heavy atom. The summed E-state index contributed by atoms with van der Waals surface area (Å²) in [6.07, 6.45) is 2.49. The Bertz CT molecular complexity index is 781. The number of benzene rings is 2. The monoisotopic (exact) mass is 353 g/mol. The molecule has 0 saturated heterocycles. The van der Waals surface area contributed by atoms with E-state index < -0.39 is 0 Å². The van der Waals surface area contributed by atoms with Crippen LogP contribution in [-0.4, -0.2) is 26.2 Å². The number of carbonyl (C=O) groups excluding carboxylic acids is 1. The van der Waals surface area contributed by atoms with E-state index in [0.717, 1.165) is 28.1 Å². The van der Waals surface area contributed by atoms with Gasteiger partial charge in [0.2, 0.25) is 0 Å². The zero-order chi connectivity index (χ0) is 18.9. The van der Waals surface area contributed by atoms with Crippen LogP contribution in [0, 0.1) is 0 Å². The molecule has 26 heavy (non-hydrogen) atoms. The van der Waals surface area contributed by atoms with Gasteiger partial charge in [-0.1, -0.05) is 31.2 Å². The van der Waals surface area contributed by atoms with Gasteiger partial charge in [0.05, 0.1) is 13.2 Å². The van der Waals surface area contributed by atoms with Gasteiger partial charge >= 0.3 is 5.97 Å². The number of esters is 1. The Kier molecular flexibility index (Phi) is 7.27. The summed E-state index contributed by atoms with van der Waals surface area (Å²) in [5.74, 6) is 0.535. The predicted octanol–water partition coefficient (Wildman–Crippen LogP) is 5.15. The zero-order valence-corrected chi connectivity index (χ0v) is 16.0. The normalized spacial score (nSPS) is 11.2. The maximum absolute atomic E-state index is 12.0. The number of hydrogen-bond donors (Lipinski definition) is 1. The summed E-state index contributed by atoms with van der Waals surface area (Å²) < 4.78 is 11.0. The van der Waals surface area contributed by atoms with E-state index in [0.29, 0.717) is 25.2 Å². The molecule has 0 saturated carbocycles. The van der Waals surface area contributed by atoms with Crippen molar-refractivity contribution in [1.29, 1.82) is 0 Å². The van der Waals surface area contributed by atoms with Gasteiger partial charge in [0.15, 0.2) is 0 Å². The second kappa shape index (κ2) is 9.66. The van der Waals surface area contributed by atoms with Crippen molar-refractivity contribution in [3.05, 3.63) is 53.6 Å². The number of carbonyl (C=O) groups is 1. The van der Waals surface area contributed by atoms with E-state index in [9.17, 15) is 4.79 Å². The van der Waals surface area contributed by atoms with Crippen molar-refractivity contribution in [2.24, 2.45) is 0 Å². The standard InChI is InChI=1S/C22H27NO3/c1-5-17(22(24)26-7-3)13-16-11-12-20(21(14-16)25-6-2)18-9-8-10-19(15-18)23-4/h8-15,23H,5-7H2,1-4H3. The first-order valence-corrected chi connectivity index (χ1v) is 9.05. The van der Waals surface area contributed by atoms with E-state index >= 15 is 0 Å². The lowest BCUT2D eigenvalue weighted by Gasteiger charge is -2.13. The molecule has 4 heteroatoms. The smallest absolute Gasteiger partial charge is 0.333 e. The minimum absolute atomic E-state index is 0.265. The summed E-state index contributed by atoms with van der Waals surface area (Å²) in [7, 11) is 1.90. The van der Waals surface area contributed by atoms with Gasteiger partial charge in [0.25, 0.3) is 0 Å². The predicted molar refractivity (Wildman–Crippen MR) is 107 cm³/mol. The number of anilines is 1. The molecule has 0 aliphatic rings. The third kappa shape index (κ3) is 4.88. The Balaban J connectivity index is 2.43. The summed E-state index contributed by atoms with van der Waals surface area (Å²) in [6, 6.07) is 14.2. The lowest BCUT2D eigenvalue weighted by molar-refractivity contribution is -0.138. The van der Waals surface area contributed by atoms with Crippen molar-refractivity contribution < 1.29 is 14.3 Å². The van der Waals surface area contributed by atoms with Crippen LogP contribution in [-0.2, 0) is 9.53 Å². The largest absolute Gasteiger partial charge is 0.493 e. The van der Waals surface area contributed by atoms with Crippen LogP contribution in [0.1, 0.15) is 32.8 Å².